The Balaban J connectivity index is 1.89. The van der Waals surface area contributed by atoms with Crippen LogP contribution in [0.1, 0.15) is 19.8 Å². The molecule has 6 heteroatoms. The van der Waals surface area contributed by atoms with Gasteiger partial charge in [0.15, 0.2) is 0 Å². The normalized spacial score (nSPS) is 17.6. The summed E-state index contributed by atoms with van der Waals surface area (Å²) in [4.78, 5) is 16.1. The summed E-state index contributed by atoms with van der Waals surface area (Å²) in [6, 6.07) is 7.82. The van der Waals surface area contributed by atoms with Crippen LogP contribution in [0.3, 0.4) is 0 Å². The van der Waals surface area contributed by atoms with E-state index in [9.17, 15) is 4.79 Å². The van der Waals surface area contributed by atoms with Crippen LogP contribution in [0.25, 0.3) is 0 Å². The molecular weight excluding hydrogens is 302 g/mol. The molecule has 0 bridgehead atoms. The third-order valence-corrected chi connectivity index (χ3v) is 4.07. The highest BCUT2D eigenvalue weighted by molar-refractivity contribution is 6.30. The number of rotatable bonds is 6. The van der Waals surface area contributed by atoms with Crippen molar-refractivity contribution >= 4 is 23.3 Å². The monoisotopic (exact) mass is 325 g/mol. The number of carbonyl (C=O) groups excluding carboxylic acids is 1. The lowest BCUT2D eigenvalue weighted by Crippen LogP contribution is -2.47. The molecule has 5 nitrogen and oxygen atoms in total. The van der Waals surface area contributed by atoms with E-state index in [1.165, 1.54) is 0 Å². The summed E-state index contributed by atoms with van der Waals surface area (Å²) in [5.74, 6) is 0. The zero-order chi connectivity index (χ0) is 15.9. The summed E-state index contributed by atoms with van der Waals surface area (Å²) >= 11 is 6.03. The fourth-order valence-electron chi connectivity index (χ4n) is 2.76. The number of anilines is 1. The maximum atomic E-state index is 12.2. The number of nitrogens with one attached hydrogen (secondary N) is 1. The number of amides is 2. The van der Waals surface area contributed by atoms with E-state index < -0.39 is 0 Å². The van der Waals surface area contributed by atoms with E-state index in [0.717, 1.165) is 36.6 Å². The van der Waals surface area contributed by atoms with Crippen LogP contribution in [0.2, 0.25) is 5.02 Å². The average Bonchev–Trinajstić information content (AvgIpc) is 2.95. The standard InChI is InChI=1S/C16H24ClN3O2/c1-2-7-19(9-10-21)16(22)18-14-6-8-20(12-14)15-5-3-4-13(17)11-15/h3-5,11,14,21H,2,6-10,12H2,1H3,(H,18,22). The van der Waals surface area contributed by atoms with Crippen LogP contribution in [0.4, 0.5) is 10.5 Å². The fourth-order valence-corrected chi connectivity index (χ4v) is 2.94. The number of nitrogens with zero attached hydrogens (tertiary/aromatic N) is 2. The molecule has 1 fully saturated rings. The van der Waals surface area contributed by atoms with Crippen molar-refractivity contribution in [2.24, 2.45) is 0 Å². The lowest BCUT2D eigenvalue weighted by atomic mass is 10.2. The number of carbonyl (C=O) groups is 1. The van der Waals surface area contributed by atoms with Crippen LogP contribution >= 0.6 is 11.6 Å². The second kappa shape index (κ2) is 8.25. The molecule has 2 N–H and O–H groups in total. The molecular formula is C16H24ClN3O2. The zero-order valence-corrected chi connectivity index (χ0v) is 13.7. The van der Waals surface area contributed by atoms with E-state index in [1.54, 1.807) is 4.90 Å². The quantitative estimate of drug-likeness (QED) is 0.844. The molecule has 122 valence electrons. The van der Waals surface area contributed by atoms with Gasteiger partial charge in [-0.3, -0.25) is 0 Å². The molecule has 0 aromatic heterocycles. The Bertz CT molecular complexity index is 492. The van der Waals surface area contributed by atoms with E-state index in [4.69, 9.17) is 16.7 Å². The van der Waals surface area contributed by atoms with Gasteiger partial charge in [0.25, 0.3) is 0 Å². The van der Waals surface area contributed by atoms with Crippen LogP contribution in [0.5, 0.6) is 0 Å². The van der Waals surface area contributed by atoms with Gasteiger partial charge in [-0.15, -0.1) is 0 Å². The van der Waals surface area contributed by atoms with Crippen LogP contribution in [0.15, 0.2) is 24.3 Å². The first-order valence-electron chi connectivity index (χ1n) is 7.81. The molecule has 0 spiro atoms. The van der Waals surface area contributed by atoms with Crippen LogP contribution in [0, 0.1) is 0 Å². The van der Waals surface area contributed by atoms with E-state index in [2.05, 4.69) is 10.2 Å². The second-order valence-corrected chi connectivity index (χ2v) is 6.01. The predicted octanol–water partition coefficient (Wildman–Crippen LogP) is 2.33. The molecule has 1 aromatic rings. The van der Waals surface area contributed by atoms with Gasteiger partial charge in [-0.2, -0.15) is 0 Å². The predicted molar refractivity (Wildman–Crippen MR) is 89.6 cm³/mol. The van der Waals surface area contributed by atoms with Gasteiger partial charge in [-0.05, 0) is 31.0 Å². The number of urea groups is 1. The molecule has 22 heavy (non-hydrogen) atoms. The molecule has 0 aliphatic carbocycles. The van der Waals surface area contributed by atoms with Crippen molar-refractivity contribution in [3.63, 3.8) is 0 Å². The van der Waals surface area contributed by atoms with Gasteiger partial charge < -0.3 is 20.2 Å². The number of aliphatic hydroxyl groups excluding tert-OH is 1. The number of benzene rings is 1. The van der Waals surface area contributed by atoms with Crippen LogP contribution < -0.4 is 10.2 Å². The molecule has 1 aromatic carbocycles. The van der Waals surface area contributed by atoms with E-state index >= 15 is 0 Å². The van der Waals surface area contributed by atoms with Gasteiger partial charge in [0, 0.05) is 42.9 Å². The highest BCUT2D eigenvalue weighted by atomic mass is 35.5. The number of hydrogen-bond donors (Lipinski definition) is 2. The lowest BCUT2D eigenvalue weighted by Gasteiger charge is -2.24. The minimum atomic E-state index is -0.0890. The Morgan fingerprint density at radius 2 is 2.32 bits per heavy atom. The molecule has 1 aliphatic rings. The minimum absolute atomic E-state index is 0.00722. The van der Waals surface area contributed by atoms with Crippen molar-refractivity contribution in [3.05, 3.63) is 29.3 Å². The first-order chi connectivity index (χ1) is 10.6. The molecule has 2 rings (SSSR count). The van der Waals surface area contributed by atoms with Crippen molar-refractivity contribution in [2.75, 3.05) is 37.7 Å². The van der Waals surface area contributed by atoms with Gasteiger partial charge in [-0.1, -0.05) is 24.6 Å². The number of halogens is 1. The lowest BCUT2D eigenvalue weighted by molar-refractivity contribution is 0.174. The van der Waals surface area contributed by atoms with Crippen molar-refractivity contribution in [2.45, 2.75) is 25.8 Å². The SMILES string of the molecule is CCCN(CCO)C(=O)NC1CCN(c2cccc(Cl)c2)C1. The Hall–Kier alpha value is -1.46. The molecule has 1 unspecified atom stereocenters. The second-order valence-electron chi connectivity index (χ2n) is 5.57. The topological polar surface area (TPSA) is 55.8 Å². The number of hydrogen-bond acceptors (Lipinski definition) is 3. The summed E-state index contributed by atoms with van der Waals surface area (Å²) in [6.45, 7) is 4.74. The van der Waals surface area contributed by atoms with Gasteiger partial charge in [0.2, 0.25) is 0 Å². The van der Waals surface area contributed by atoms with Gasteiger partial charge in [0.05, 0.1) is 6.61 Å². The smallest absolute Gasteiger partial charge is 0.317 e. The van der Waals surface area contributed by atoms with Gasteiger partial charge in [0.1, 0.15) is 0 Å². The summed E-state index contributed by atoms with van der Waals surface area (Å²) < 4.78 is 0. The van der Waals surface area contributed by atoms with Crippen LogP contribution in [-0.4, -0.2) is 54.9 Å². The maximum Gasteiger partial charge on any atom is 0.317 e. The minimum Gasteiger partial charge on any atom is -0.395 e. The van der Waals surface area contributed by atoms with Crippen molar-refractivity contribution < 1.29 is 9.90 Å². The van der Waals surface area contributed by atoms with Crippen molar-refractivity contribution in [1.29, 1.82) is 0 Å². The molecule has 1 atom stereocenters. The van der Waals surface area contributed by atoms with Crippen molar-refractivity contribution in [1.82, 2.24) is 10.2 Å². The Morgan fingerprint density at radius 3 is 3.00 bits per heavy atom. The largest absolute Gasteiger partial charge is 0.395 e. The third-order valence-electron chi connectivity index (χ3n) is 3.84. The summed E-state index contributed by atoms with van der Waals surface area (Å²) in [6.07, 6.45) is 1.80. The Kier molecular flexibility index (Phi) is 6.34. The summed E-state index contributed by atoms with van der Waals surface area (Å²) in [7, 11) is 0. The fraction of sp³-hybridized carbons (Fsp3) is 0.562. The first kappa shape index (κ1) is 16.9. The average molecular weight is 326 g/mol. The highest BCUT2D eigenvalue weighted by Gasteiger charge is 2.25. The summed E-state index contributed by atoms with van der Waals surface area (Å²) in [5, 5.41) is 12.8. The molecule has 0 radical (unpaired) electrons. The van der Waals surface area contributed by atoms with Gasteiger partial charge >= 0.3 is 6.03 Å². The molecule has 1 heterocycles. The maximum absolute atomic E-state index is 12.2. The van der Waals surface area contributed by atoms with Gasteiger partial charge in [-0.25, -0.2) is 4.79 Å². The highest BCUT2D eigenvalue weighted by Crippen LogP contribution is 2.23. The first-order valence-corrected chi connectivity index (χ1v) is 8.18. The third kappa shape index (κ3) is 4.52. The molecule has 0 saturated carbocycles. The molecule has 2 amide bonds. The Morgan fingerprint density at radius 1 is 1.50 bits per heavy atom. The number of aliphatic hydroxyl groups is 1. The van der Waals surface area contributed by atoms with E-state index in [0.29, 0.717) is 13.1 Å². The molecule has 1 saturated heterocycles. The van der Waals surface area contributed by atoms with Crippen molar-refractivity contribution in [3.8, 4) is 0 Å². The van der Waals surface area contributed by atoms with Crippen LogP contribution in [-0.2, 0) is 0 Å². The summed E-state index contributed by atoms with van der Waals surface area (Å²) in [5.41, 5.74) is 1.09. The zero-order valence-electron chi connectivity index (χ0n) is 13.0. The Labute approximate surface area is 136 Å². The van der Waals surface area contributed by atoms with E-state index in [1.807, 2.05) is 31.2 Å². The molecule has 1 aliphatic heterocycles. The van der Waals surface area contributed by atoms with E-state index in [-0.39, 0.29) is 18.7 Å².